The van der Waals surface area contributed by atoms with Crippen molar-refractivity contribution >= 4 is 59.1 Å². The van der Waals surface area contributed by atoms with Gasteiger partial charge in [-0.1, -0.05) is 5.16 Å². The predicted octanol–water partition coefficient (Wildman–Crippen LogP) is -2.04. The number of carbonyl (C=O) groups excluding carboxylic acids is 4. The third kappa shape index (κ3) is 5.40. The number of ether oxygens (including phenoxy) is 1. The Morgan fingerprint density at radius 2 is 2.09 bits per heavy atom. The van der Waals surface area contributed by atoms with Gasteiger partial charge >= 0.3 is 11.9 Å². The topological polar surface area (TPSA) is 193 Å². The summed E-state index contributed by atoms with van der Waals surface area (Å²) in [6.45, 7) is 1.09. The maximum Gasteiger partial charge on any atom is 0.352 e. The van der Waals surface area contributed by atoms with Crippen molar-refractivity contribution in [2.75, 3.05) is 26.1 Å². The van der Waals surface area contributed by atoms with Crippen molar-refractivity contribution in [3.8, 4) is 0 Å². The Bertz CT molecular complexity index is 940. The van der Waals surface area contributed by atoms with Crippen LogP contribution in [0.1, 0.15) is 13.3 Å². The molecule has 2 amide bonds. The van der Waals surface area contributed by atoms with E-state index in [9.17, 15) is 29.1 Å². The number of carboxylic acids is 1. The first-order chi connectivity index (χ1) is 15.6. The monoisotopic (exact) mass is 502 g/mol. The van der Waals surface area contributed by atoms with E-state index in [0.29, 0.717) is 0 Å². The Labute approximate surface area is 196 Å². The molecular weight excluding hydrogens is 480 g/mol. The number of carboxylic acid groups (broad SMARTS) is 1. The highest BCUT2D eigenvalue weighted by Crippen LogP contribution is 2.40. The molecule has 0 bridgehead atoms. The smallest absolute Gasteiger partial charge is 0.352 e. The standard InChI is InChI=1S/C17H22N6O8S2/c1-7(24)3-9(25)31-4-8-5-32-15-10(14(27)23(15)11(8)16(28)29)20-13(26)12(21-30-2)22-6-19-17(18)33-22/h10,15,17,19H,3-6,18H2,1-2H3,(H,20,26)(H,28,29)/b21-12+/t10-,15-,17?/m1/s1. The number of Topliss-reactive ketones (excluding diaryl/α,β-unsaturated/α-hetero) is 1. The molecule has 2 fully saturated rings. The lowest BCUT2D eigenvalue weighted by atomic mass is 10.0. The molecule has 0 spiro atoms. The summed E-state index contributed by atoms with van der Waals surface area (Å²) in [7, 11) is 1.27. The summed E-state index contributed by atoms with van der Waals surface area (Å²) in [6.07, 6.45) is -0.427. The zero-order valence-electron chi connectivity index (χ0n) is 17.6. The SMILES string of the molecule is CO/N=C(\C(=O)N[C@@H]1C(=O)N2C(C(=O)O)=C(COC(=O)CC(C)=O)CS[C@H]12)N1CNC(N)S1. The van der Waals surface area contributed by atoms with E-state index in [1.807, 2.05) is 0 Å². The minimum absolute atomic E-state index is 0.109. The van der Waals surface area contributed by atoms with Gasteiger partial charge in [-0.3, -0.25) is 33.7 Å². The van der Waals surface area contributed by atoms with Gasteiger partial charge in [0.05, 0.1) is 6.67 Å². The lowest BCUT2D eigenvalue weighted by Crippen LogP contribution is -2.71. The molecule has 0 aromatic heterocycles. The van der Waals surface area contributed by atoms with Gasteiger partial charge in [0.2, 0.25) is 5.84 Å². The Hall–Kier alpha value is -2.82. The molecule has 3 heterocycles. The van der Waals surface area contributed by atoms with E-state index >= 15 is 0 Å². The van der Waals surface area contributed by atoms with E-state index in [-0.39, 0.29) is 41.9 Å². The van der Waals surface area contributed by atoms with Gasteiger partial charge < -0.3 is 25.7 Å². The zero-order valence-corrected chi connectivity index (χ0v) is 19.2. The van der Waals surface area contributed by atoms with E-state index in [2.05, 4.69) is 15.8 Å². The van der Waals surface area contributed by atoms with E-state index in [0.717, 1.165) is 16.8 Å². The number of rotatable bonds is 7. The molecule has 0 aromatic carbocycles. The van der Waals surface area contributed by atoms with Crippen LogP contribution in [0.15, 0.2) is 16.4 Å². The van der Waals surface area contributed by atoms with Gasteiger partial charge in [0.1, 0.15) is 48.5 Å². The number of hydrogen-bond acceptors (Lipinski definition) is 12. The lowest BCUT2D eigenvalue weighted by molar-refractivity contribution is -0.150. The fraction of sp³-hybridized carbons (Fsp3) is 0.529. The molecule has 3 aliphatic rings. The highest BCUT2D eigenvalue weighted by atomic mass is 32.2. The normalized spacial score (nSPS) is 24.8. The maximum absolute atomic E-state index is 12.8. The molecule has 14 nitrogen and oxygen atoms in total. The first-order valence-electron chi connectivity index (χ1n) is 9.54. The van der Waals surface area contributed by atoms with Crippen LogP contribution in [0.2, 0.25) is 0 Å². The fourth-order valence-corrected chi connectivity index (χ4v) is 5.33. The summed E-state index contributed by atoms with van der Waals surface area (Å²) >= 11 is 2.32. The Kier molecular flexibility index (Phi) is 7.83. The zero-order chi connectivity index (χ0) is 24.3. The molecule has 0 aromatic rings. The number of ketones is 1. The first kappa shape index (κ1) is 24.8. The van der Waals surface area contributed by atoms with Crippen LogP contribution in [0.5, 0.6) is 0 Å². The molecule has 3 rings (SSSR count). The second kappa shape index (κ2) is 10.4. The molecule has 3 aliphatic heterocycles. The van der Waals surface area contributed by atoms with Gasteiger partial charge in [-0.25, -0.2) is 4.79 Å². The summed E-state index contributed by atoms with van der Waals surface area (Å²) in [6, 6.07) is -0.991. The van der Waals surface area contributed by atoms with Crippen LogP contribution in [0.25, 0.3) is 0 Å². The molecule has 0 radical (unpaired) electrons. The number of nitrogens with zero attached hydrogens (tertiary/aromatic N) is 3. The van der Waals surface area contributed by atoms with E-state index < -0.39 is 47.1 Å². The molecule has 16 heteroatoms. The van der Waals surface area contributed by atoms with Crippen molar-refractivity contribution in [3.05, 3.63) is 11.3 Å². The molecule has 5 N–H and O–H groups in total. The number of amides is 2. The third-order valence-electron chi connectivity index (χ3n) is 4.63. The van der Waals surface area contributed by atoms with Gasteiger partial charge in [0.15, 0.2) is 0 Å². The molecule has 1 unspecified atom stereocenters. The minimum Gasteiger partial charge on any atom is -0.477 e. The number of amidine groups is 1. The molecule has 0 saturated carbocycles. The number of hydrogen-bond donors (Lipinski definition) is 4. The van der Waals surface area contributed by atoms with Gasteiger partial charge in [0.25, 0.3) is 11.8 Å². The van der Waals surface area contributed by atoms with Crippen molar-refractivity contribution < 1.29 is 38.7 Å². The van der Waals surface area contributed by atoms with Crippen LogP contribution in [0.4, 0.5) is 0 Å². The second-order valence-electron chi connectivity index (χ2n) is 7.02. The van der Waals surface area contributed by atoms with Crippen LogP contribution in [-0.2, 0) is 33.5 Å². The van der Waals surface area contributed by atoms with Crippen LogP contribution >= 0.6 is 23.7 Å². The average molecular weight is 503 g/mol. The lowest BCUT2D eigenvalue weighted by Gasteiger charge is -2.49. The Morgan fingerprint density at radius 1 is 1.36 bits per heavy atom. The van der Waals surface area contributed by atoms with Gasteiger partial charge in [-0.2, -0.15) is 0 Å². The summed E-state index contributed by atoms with van der Waals surface area (Å²) in [4.78, 5) is 65.8. The van der Waals surface area contributed by atoms with E-state index in [4.69, 9.17) is 15.3 Å². The fourth-order valence-electron chi connectivity index (χ4n) is 3.22. The summed E-state index contributed by atoms with van der Waals surface area (Å²) < 4.78 is 6.44. The number of aliphatic carboxylic acids is 1. The number of β-lactam (4-membered cyclic amide) rings is 1. The number of oxime groups is 1. The number of esters is 1. The van der Waals surface area contributed by atoms with Crippen molar-refractivity contribution in [1.29, 1.82) is 0 Å². The van der Waals surface area contributed by atoms with Crippen molar-refractivity contribution in [3.63, 3.8) is 0 Å². The van der Waals surface area contributed by atoms with Crippen molar-refractivity contribution in [2.45, 2.75) is 30.3 Å². The van der Waals surface area contributed by atoms with Crippen molar-refractivity contribution in [1.82, 2.24) is 19.8 Å². The van der Waals surface area contributed by atoms with Crippen LogP contribution < -0.4 is 16.4 Å². The Morgan fingerprint density at radius 3 is 2.67 bits per heavy atom. The summed E-state index contributed by atoms with van der Waals surface area (Å²) in [5.74, 6) is -3.83. The van der Waals surface area contributed by atoms with Crippen LogP contribution in [0, 0.1) is 0 Å². The quantitative estimate of drug-likeness (QED) is 0.0566. The number of fused-ring (bicyclic) bond motifs is 1. The molecule has 2 saturated heterocycles. The number of carbonyl (C=O) groups is 5. The highest BCUT2D eigenvalue weighted by Gasteiger charge is 2.54. The minimum atomic E-state index is -1.37. The number of nitrogens with two attached hydrogens (primary N) is 1. The summed E-state index contributed by atoms with van der Waals surface area (Å²) in [5.41, 5.74) is 5.21. The predicted molar refractivity (Wildman–Crippen MR) is 116 cm³/mol. The molecular formula is C17H22N6O8S2. The average Bonchev–Trinajstić information content (AvgIpc) is 3.18. The third-order valence-corrected chi connectivity index (χ3v) is 6.92. The maximum atomic E-state index is 12.8. The second-order valence-corrected chi connectivity index (χ2v) is 9.29. The van der Waals surface area contributed by atoms with Gasteiger partial charge in [0, 0.05) is 11.3 Å². The molecule has 0 aliphatic carbocycles. The van der Waals surface area contributed by atoms with Crippen molar-refractivity contribution in [2.24, 2.45) is 10.9 Å². The Balaban J connectivity index is 1.69. The molecule has 3 atom stereocenters. The largest absolute Gasteiger partial charge is 0.477 e. The van der Waals surface area contributed by atoms with Crippen LogP contribution in [0.3, 0.4) is 0 Å². The number of thioether (sulfide) groups is 1. The molecule has 180 valence electrons. The van der Waals surface area contributed by atoms with E-state index in [1.165, 1.54) is 30.1 Å². The summed E-state index contributed by atoms with van der Waals surface area (Å²) in [5, 5.41) is 18.1. The van der Waals surface area contributed by atoms with Crippen LogP contribution in [-0.4, -0.2) is 92.7 Å². The van der Waals surface area contributed by atoms with Gasteiger partial charge in [-0.05, 0) is 18.9 Å². The van der Waals surface area contributed by atoms with E-state index in [1.54, 1.807) is 0 Å². The first-order valence-corrected chi connectivity index (χ1v) is 11.4. The van der Waals surface area contributed by atoms with Gasteiger partial charge in [-0.15, -0.1) is 11.8 Å². The molecule has 33 heavy (non-hydrogen) atoms. The number of nitrogens with one attached hydrogen (secondary N) is 2. The highest BCUT2D eigenvalue weighted by molar-refractivity contribution is 8.00.